The highest BCUT2D eigenvalue weighted by Crippen LogP contribution is 2.06. The van der Waals surface area contributed by atoms with Gasteiger partial charge in [-0.3, -0.25) is 4.90 Å². The van der Waals surface area contributed by atoms with Gasteiger partial charge >= 0.3 is 0 Å². The summed E-state index contributed by atoms with van der Waals surface area (Å²) in [5.74, 6) is 0. The lowest BCUT2D eigenvalue weighted by Crippen LogP contribution is -2.52. The van der Waals surface area contributed by atoms with Crippen molar-refractivity contribution in [2.75, 3.05) is 33.2 Å². The van der Waals surface area contributed by atoms with E-state index in [1.165, 1.54) is 13.1 Å². The molecule has 78 valence electrons. The van der Waals surface area contributed by atoms with Gasteiger partial charge in [0.1, 0.15) is 0 Å². The Labute approximate surface area is 86.1 Å². The summed E-state index contributed by atoms with van der Waals surface area (Å²) < 4.78 is 0. The third-order valence-electron chi connectivity index (χ3n) is 2.91. The number of nitrogens with one attached hydrogen (secondary N) is 1. The van der Waals surface area contributed by atoms with Crippen LogP contribution in [0.15, 0.2) is 24.4 Å². The van der Waals surface area contributed by atoms with Gasteiger partial charge in [-0.1, -0.05) is 18.2 Å². The molecule has 0 radical (unpaired) electrons. The quantitative estimate of drug-likeness (QED) is 0.616. The van der Waals surface area contributed by atoms with Gasteiger partial charge in [0.25, 0.3) is 0 Å². The Morgan fingerprint density at radius 1 is 1.14 bits per heavy atom. The van der Waals surface area contributed by atoms with Crippen LogP contribution in [0.1, 0.15) is 6.42 Å². The Hall–Kier alpha value is -0.800. The molecule has 1 unspecified atom stereocenters. The van der Waals surface area contributed by atoms with Crippen molar-refractivity contribution in [1.82, 2.24) is 15.1 Å². The molecule has 2 heterocycles. The van der Waals surface area contributed by atoms with E-state index in [0.29, 0.717) is 6.17 Å². The predicted octanol–water partition coefficient (Wildman–Crippen LogP) is 0.623. The van der Waals surface area contributed by atoms with E-state index in [9.17, 15) is 0 Å². The van der Waals surface area contributed by atoms with Gasteiger partial charge < -0.3 is 10.2 Å². The summed E-state index contributed by atoms with van der Waals surface area (Å²) in [5, 5.41) is 3.41. The van der Waals surface area contributed by atoms with Crippen molar-refractivity contribution in [1.29, 1.82) is 0 Å². The van der Waals surface area contributed by atoms with E-state index in [2.05, 4.69) is 46.6 Å². The van der Waals surface area contributed by atoms with Crippen LogP contribution in [0.2, 0.25) is 0 Å². The molecule has 0 aromatic heterocycles. The summed E-state index contributed by atoms with van der Waals surface area (Å²) in [6.45, 7) is 4.67. The van der Waals surface area contributed by atoms with Crippen LogP contribution in [-0.4, -0.2) is 49.2 Å². The Morgan fingerprint density at radius 3 is 2.71 bits per heavy atom. The van der Waals surface area contributed by atoms with Crippen LogP contribution in [0.3, 0.4) is 0 Å². The maximum atomic E-state index is 3.41. The standard InChI is InChI=1S/C11H19N3/c1-13-7-9-14(10-8-13)11-5-3-2-4-6-12-11/h3-6,11-12H,2,7-10H2,1H3. The van der Waals surface area contributed by atoms with Crippen molar-refractivity contribution < 1.29 is 0 Å². The summed E-state index contributed by atoms with van der Waals surface area (Å²) in [6.07, 6.45) is 10.2. The molecule has 1 N–H and O–H groups in total. The molecule has 2 aliphatic rings. The van der Waals surface area contributed by atoms with Crippen molar-refractivity contribution in [3.05, 3.63) is 24.4 Å². The first kappa shape index (κ1) is 9.74. The minimum Gasteiger partial charge on any atom is -0.373 e. The van der Waals surface area contributed by atoms with Crippen LogP contribution in [0.5, 0.6) is 0 Å². The fraction of sp³-hybridized carbons (Fsp3) is 0.636. The van der Waals surface area contributed by atoms with Gasteiger partial charge in [0, 0.05) is 26.2 Å². The van der Waals surface area contributed by atoms with E-state index < -0.39 is 0 Å². The van der Waals surface area contributed by atoms with E-state index in [1.807, 2.05) is 0 Å². The lowest BCUT2D eigenvalue weighted by molar-refractivity contribution is 0.122. The summed E-state index contributed by atoms with van der Waals surface area (Å²) in [4.78, 5) is 4.87. The molecule has 3 heteroatoms. The van der Waals surface area contributed by atoms with Gasteiger partial charge in [-0.2, -0.15) is 0 Å². The zero-order valence-electron chi connectivity index (χ0n) is 8.82. The van der Waals surface area contributed by atoms with Crippen molar-refractivity contribution in [3.8, 4) is 0 Å². The summed E-state index contributed by atoms with van der Waals surface area (Å²) in [5.41, 5.74) is 0. The second-order valence-corrected chi connectivity index (χ2v) is 4.02. The molecule has 0 aliphatic carbocycles. The Morgan fingerprint density at radius 2 is 1.93 bits per heavy atom. The van der Waals surface area contributed by atoms with Gasteiger partial charge in [-0.05, 0) is 19.7 Å². The van der Waals surface area contributed by atoms with Crippen molar-refractivity contribution >= 4 is 0 Å². The lowest BCUT2D eigenvalue weighted by atomic mass is 10.3. The van der Waals surface area contributed by atoms with Gasteiger partial charge in [0.15, 0.2) is 0 Å². The number of hydrogen-bond donors (Lipinski definition) is 1. The zero-order chi connectivity index (χ0) is 9.80. The molecule has 0 bridgehead atoms. The van der Waals surface area contributed by atoms with E-state index in [1.54, 1.807) is 0 Å². The topological polar surface area (TPSA) is 18.5 Å². The summed E-state index contributed by atoms with van der Waals surface area (Å²) in [7, 11) is 2.19. The summed E-state index contributed by atoms with van der Waals surface area (Å²) >= 11 is 0. The normalized spacial score (nSPS) is 29.9. The minimum atomic E-state index is 0.405. The van der Waals surface area contributed by atoms with Crippen LogP contribution in [0.4, 0.5) is 0 Å². The number of rotatable bonds is 1. The van der Waals surface area contributed by atoms with Gasteiger partial charge in [-0.15, -0.1) is 0 Å². The number of hydrogen-bond acceptors (Lipinski definition) is 3. The number of nitrogens with zero attached hydrogens (tertiary/aromatic N) is 2. The monoisotopic (exact) mass is 193 g/mol. The van der Waals surface area contributed by atoms with Gasteiger partial charge in [0.05, 0.1) is 6.17 Å². The first-order chi connectivity index (χ1) is 6.86. The molecule has 3 nitrogen and oxygen atoms in total. The fourth-order valence-electron chi connectivity index (χ4n) is 1.90. The molecule has 1 atom stereocenters. The van der Waals surface area contributed by atoms with Crippen LogP contribution in [0, 0.1) is 0 Å². The van der Waals surface area contributed by atoms with Crippen molar-refractivity contribution in [3.63, 3.8) is 0 Å². The van der Waals surface area contributed by atoms with Crippen molar-refractivity contribution in [2.45, 2.75) is 12.6 Å². The molecule has 0 amide bonds. The van der Waals surface area contributed by atoms with Crippen LogP contribution in [-0.2, 0) is 0 Å². The number of allylic oxidation sites excluding steroid dienone is 2. The van der Waals surface area contributed by atoms with E-state index >= 15 is 0 Å². The Bertz CT molecular complexity index is 227. The molecular weight excluding hydrogens is 174 g/mol. The smallest absolute Gasteiger partial charge is 0.0982 e. The van der Waals surface area contributed by atoms with Crippen LogP contribution >= 0.6 is 0 Å². The van der Waals surface area contributed by atoms with Crippen LogP contribution < -0.4 is 5.32 Å². The largest absolute Gasteiger partial charge is 0.373 e. The van der Waals surface area contributed by atoms with E-state index in [4.69, 9.17) is 0 Å². The average Bonchev–Trinajstić information content (AvgIpc) is 2.47. The van der Waals surface area contributed by atoms with E-state index in [-0.39, 0.29) is 0 Å². The highest BCUT2D eigenvalue weighted by Gasteiger charge is 2.19. The molecule has 2 rings (SSSR count). The first-order valence-electron chi connectivity index (χ1n) is 5.36. The first-order valence-corrected chi connectivity index (χ1v) is 5.36. The molecule has 2 aliphatic heterocycles. The summed E-state index contributed by atoms with van der Waals surface area (Å²) in [6, 6.07) is 0. The molecule has 0 aromatic rings. The number of piperazine rings is 1. The Kier molecular flexibility index (Phi) is 3.22. The molecule has 14 heavy (non-hydrogen) atoms. The molecule has 0 aromatic carbocycles. The highest BCUT2D eigenvalue weighted by atomic mass is 15.3. The third-order valence-corrected chi connectivity index (χ3v) is 2.91. The SMILES string of the molecule is CN1CCN(C2C=CCC=CN2)CC1. The Balaban J connectivity index is 1.90. The second kappa shape index (κ2) is 4.62. The minimum absolute atomic E-state index is 0.405. The maximum absolute atomic E-state index is 3.41. The maximum Gasteiger partial charge on any atom is 0.0982 e. The second-order valence-electron chi connectivity index (χ2n) is 4.02. The van der Waals surface area contributed by atoms with Crippen LogP contribution in [0.25, 0.3) is 0 Å². The molecule has 0 spiro atoms. The molecule has 1 fully saturated rings. The lowest BCUT2D eigenvalue weighted by Gasteiger charge is -2.36. The third kappa shape index (κ3) is 2.36. The average molecular weight is 193 g/mol. The molecular formula is C11H19N3. The molecule has 0 saturated carbocycles. The van der Waals surface area contributed by atoms with Gasteiger partial charge in [0.2, 0.25) is 0 Å². The molecule has 1 saturated heterocycles. The highest BCUT2D eigenvalue weighted by molar-refractivity contribution is 5.04. The zero-order valence-corrected chi connectivity index (χ0v) is 8.82. The van der Waals surface area contributed by atoms with Gasteiger partial charge in [-0.25, -0.2) is 0 Å². The predicted molar refractivity (Wildman–Crippen MR) is 58.9 cm³/mol. The fourth-order valence-corrected chi connectivity index (χ4v) is 1.90. The van der Waals surface area contributed by atoms with E-state index in [0.717, 1.165) is 19.5 Å². The van der Waals surface area contributed by atoms with Crippen molar-refractivity contribution in [2.24, 2.45) is 0 Å². The number of likely N-dealkylation sites (N-methyl/N-ethyl adjacent to an activating group) is 1.